The predicted molar refractivity (Wildman–Crippen MR) is 99.1 cm³/mol. The zero-order valence-corrected chi connectivity index (χ0v) is 15.3. The normalized spacial score (nSPS) is 16.1. The summed E-state index contributed by atoms with van der Waals surface area (Å²) in [4.78, 5) is 26.4. The smallest absolute Gasteiger partial charge is 0.311 e. The van der Waals surface area contributed by atoms with Gasteiger partial charge in [-0.05, 0) is 42.3 Å². The van der Waals surface area contributed by atoms with Crippen LogP contribution in [0.15, 0.2) is 42.5 Å². The average Bonchev–Trinajstić information content (AvgIpc) is 3.08. The summed E-state index contributed by atoms with van der Waals surface area (Å²) in [6.45, 7) is 2.32. The highest BCUT2D eigenvalue weighted by molar-refractivity contribution is 6.00. The Bertz CT molecular complexity index is 899. The highest BCUT2D eigenvalue weighted by Crippen LogP contribution is 2.34. The van der Waals surface area contributed by atoms with E-state index in [4.69, 9.17) is 14.7 Å². The van der Waals surface area contributed by atoms with Crippen molar-refractivity contribution < 1.29 is 19.1 Å². The van der Waals surface area contributed by atoms with Crippen LogP contribution in [0.2, 0.25) is 0 Å². The average molecular weight is 364 g/mol. The van der Waals surface area contributed by atoms with E-state index in [1.165, 1.54) is 0 Å². The van der Waals surface area contributed by atoms with Gasteiger partial charge in [0.2, 0.25) is 5.91 Å². The van der Waals surface area contributed by atoms with Crippen molar-refractivity contribution in [1.82, 2.24) is 0 Å². The van der Waals surface area contributed by atoms with Gasteiger partial charge in [-0.15, -0.1) is 0 Å². The molecule has 27 heavy (non-hydrogen) atoms. The van der Waals surface area contributed by atoms with Crippen LogP contribution in [0.4, 0.5) is 5.69 Å². The molecule has 0 N–H and O–H groups in total. The van der Waals surface area contributed by atoms with Gasteiger partial charge in [0.05, 0.1) is 30.3 Å². The fourth-order valence-corrected chi connectivity index (χ4v) is 3.06. The van der Waals surface area contributed by atoms with E-state index in [9.17, 15) is 9.59 Å². The Kier molecular flexibility index (Phi) is 5.41. The molecule has 1 aliphatic heterocycles. The molecule has 0 aliphatic carbocycles. The van der Waals surface area contributed by atoms with Gasteiger partial charge in [-0.1, -0.05) is 18.2 Å². The molecule has 1 amide bonds. The molecule has 138 valence electrons. The van der Waals surface area contributed by atoms with Crippen molar-refractivity contribution in [3.8, 4) is 11.8 Å². The Balaban J connectivity index is 1.65. The number of ether oxygens (including phenoxy) is 2. The zero-order valence-electron chi connectivity index (χ0n) is 15.3. The molecule has 1 aliphatic rings. The first-order valence-electron chi connectivity index (χ1n) is 8.62. The van der Waals surface area contributed by atoms with Crippen LogP contribution in [0.5, 0.6) is 5.75 Å². The molecule has 0 radical (unpaired) electrons. The van der Waals surface area contributed by atoms with Crippen molar-refractivity contribution in [2.45, 2.75) is 20.0 Å². The Morgan fingerprint density at radius 2 is 2.00 bits per heavy atom. The van der Waals surface area contributed by atoms with Crippen LogP contribution in [0, 0.1) is 24.2 Å². The molecule has 2 aromatic carbocycles. The highest BCUT2D eigenvalue weighted by atomic mass is 16.5. The van der Waals surface area contributed by atoms with Crippen molar-refractivity contribution in [2.75, 3.05) is 18.6 Å². The maximum Gasteiger partial charge on any atom is 0.311 e. The van der Waals surface area contributed by atoms with Crippen molar-refractivity contribution in [1.29, 1.82) is 5.26 Å². The standard InChI is InChI=1S/C21H20N2O4/c1-14-3-8-19(26-2)18(9-14)23-12-17(10-20(23)24)21(25)27-13-16-6-4-15(11-22)5-7-16/h3-9,17H,10,12-13H2,1-2H3/t17-/m1/s1. The SMILES string of the molecule is COc1ccc(C)cc1N1C[C@H](C(=O)OCc2ccc(C#N)cc2)CC1=O. The first-order chi connectivity index (χ1) is 13.0. The van der Waals surface area contributed by atoms with E-state index in [1.807, 2.05) is 31.2 Å². The summed E-state index contributed by atoms with van der Waals surface area (Å²) in [5, 5.41) is 8.81. The highest BCUT2D eigenvalue weighted by Gasteiger charge is 2.37. The van der Waals surface area contributed by atoms with Crippen LogP contribution in [0.1, 0.15) is 23.1 Å². The van der Waals surface area contributed by atoms with E-state index in [1.54, 1.807) is 36.3 Å². The number of hydrogen-bond donors (Lipinski definition) is 0. The van der Waals surface area contributed by atoms with E-state index in [-0.39, 0.29) is 25.5 Å². The predicted octanol–water partition coefficient (Wildman–Crippen LogP) is 2.97. The van der Waals surface area contributed by atoms with Gasteiger partial charge in [0.1, 0.15) is 12.4 Å². The molecule has 3 rings (SSSR count). The number of aryl methyl sites for hydroxylation is 1. The monoisotopic (exact) mass is 364 g/mol. The third-order valence-corrected chi connectivity index (χ3v) is 4.55. The number of carbonyl (C=O) groups excluding carboxylic acids is 2. The number of hydrogen-bond acceptors (Lipinski definition) is 5. The maximum atomic E-state index is 12.4. The molecule has 1 fully saturated rings. The summed E-state index contributed by atoms with van der Waals surface area (Å²) >= 11 is 0. The van der Waals surface area contributed by atoms with E-state index < -0.39 is 11.9 Å². The number of anilines is 1. The molecular weight excluding hydrogens is 344 g/mol. The molecule has 0 bridgehead atoms. The van der Waals surface area contributed by atoms with Crippen LogP contribution in [-0.4, -0.2) is 25.5 Å². The summed E-state index contributed by atoms with van der Waals surface area (Å²) in [6, 6.07) is 14.5. The lowest BCUT2D eigenvalue weighted by molar-refractivity contribution is -0.149. The number of rotatable bonds is 5. The first kappa shape index (κ1) is 18.5. The van der Waals surface area contributed by atoms with E-state index in [0.717, 1.165) is 11.1 Å². The van der Waals surface area contributed by atoms with Gasteiger partial charge in [0.25, 0.3) is 0 Å². The van der Waals surface area contributed by atoms with Gasteiger partial charge < -0.3 is 14.4 Å². The quantitative estimate of drug-likeness (QED) is 0.762. The third kappa shape index (κ3) is 4.09. The Morgan fingerprint density at radius 1 is 1.26 bits per heavy atom. The topological polar surface area (TPSA) is 79.6 Å². The molecule has 1 saturated heterocycles. The van der Waals surface area contributed by atoms with Crippen molar-refractivity contribution in [2.24, 2.45) is 5.92 Å². The van der Waals surface area contributed by atoms with Crippen LogP contribution in [0.3, 0.4) is 0 Å². The summed E-state index contributed by atoms with van der Waals surface area (Å²) < 4.78 is 10.7. The number of esters is 1. The van der Waals surface area contributed by atoms with Gasteiger partial charge in [-0.2, -0.15) is 5.26 Å². The minimum absolute atomic E-state index is 0.114. The Morgan fingerprint density at radius 3 is 2.67 bits per heavy atom. The second-order valence-corrected chi connectivity index (χ2v) is 6.50. The summed E-state index contributed by atoms with van der Waals surface area (Å²) in [6.07, 6.45) is 0.114. The molecule has 0 unspecified atom stereocenters. The molecule has 0 saturated carbocycles. The van der Waals surface area contributed by atoms with Crippen LogP contribution in [0.25, 0.3) is 0 Å². The number of benzene rings is 2. The van der Waals surface area contributed by atoms with E-state index >= 15 is 0 Å². The van der Waals surface area contributed by atoms with Gasteiger partial charge in [-0.3, -0.25) is 9.59 Å². The van der Waals surface area contributed by atoms with Gasteiger partial charge in [-0.25, -0.2) is 0 Å². The lowest BCUT2D eigenvalue weighted by Crippen LogP contribution is -2.27. The number of amides is 1. The van der Waals surface area contributed by atoms with Crippen LogP contribution in [-0.2, 0) is 20.9 Å². The largest absolute Gasteiger partial charge is 0.495 e. The minimum Gasteiger partial charge on any atom is -0.495 e. The molecule has 1 heterocycles. The fraction of sp³-hybridized carbons (Fsp3) is 0.286. The Labute approximate surface area is 157 Å². The van der Waals surface area contributed by atoms with Gasteiger partial charge in [0.15, 0.2) is 0 Å². The van der Waals surface area contributed by atoms with Crippen LogP contribution >= 0.6 is 0 Å². The fourth-order valence-electron chi connectivity index (χ4n) is 3.06. The number of nitrogens with zero attached hydrogens (tertiary/aromatic N) is 2. The molecule has 2 aromatic rings. The van der Waals surface area contributed by atoms with E-state index in [2.05, 4.69) is 0 Å². The van der Waals surface area contributed by atoms with Gasteiger partial charge >= 0.3 is 5.97 Å². The lowest BCUT2D eigenvalue weighted by atomic mass is 10.1. The summed E-state index contributed by atoms with van der Waals surface area (Å²) in [7, 11) is 1.55. The number of nitriles is 1. The molecule has 0 spiro atoms. The van der Waals surface area contributed by atoms with Crippen LogP contribution < -0.4 is 9.64 Å². The van der Waals surface area contributed by atoms with E-state index in [0.29, 0.717) is 17.0 Å². The Hall–Kier alpha value is -3.33. The number of carbonyl (C=O) groups is 2. The number of methoxy groups -OCH3 is 1. The van der Waals surface area contributed by atoms with Crippen molar-refractivity contribution in [3.05, 3.63) is 59.2 Å². The molecule has 1 atom stereocenters. The minimum atomic E-state index is -0.513. The molecular formula is C21H20N2O4. The second kappa shape index (κ2) is 7.92. The van der Waals surface area contributed by atoms with Crippen molar-refractivity contribution >= 4 is 17.6 Å². The maximum absolute atomic E-state index is 12.4. The van der Waals surface area contributed by atoms with Gasteiger partial charge in [0, 0.05) is 13.0 Å². The first-order valence-corrected chi connectivity index (χ1v) is 8.62. The summed E-state index contributed by atoms with van der Waals surface area (Å²) in [5.74, 6) is -0.442. The molecule has 6 nitrogen and oxygen atoms in total. The van der Waals surface area contributed by atoms with Crippen molar-refractivity contribution in [3.63, 3.8) is 0 Å². The lowest BCUT2D eigenvalue weighted by Gasteiger charge is -2.20. The third-order valence-electron chi connectivity index (χ3n) is 4.55. The summed E-state index contributed by atoms with van der Waals surface area (Å²) in [5.41, 5.74) is 3.02. The zero-order chi connectivity index (χ0) is 19.4. The second-order valence-electron chi connectivity index (χ2n) is 6.50. The molecule has 0 aromatic heterocycles. The molecule has 6 heteroatoms.